The number of unbranched alkanes of at least 4 members (excludes halogenated alkanes) is 1. The molecule has 0 aromatic heterocycles. The maximum absolute atomic E-state index is 11.2. The highest BCUT2D eigenvalue weighted by Gasteiger charge is 2.16. The number of methoxy groups -OCH3 is 1. The van der Waals surface area contributed by atoms with Gasteiger partial charge in [0.25, 0.3) is 0 Å². The molecule has 0 aromatic rings. The Bertz CT molecular complexity index is 224. The fourth-order valence-corrected chi connectivity index (χ4v) is 3.47. The summed E-state index contributed by atoms with van der Waals surface area (Å²) in [6, 6.07) is 0. The summed E-state index contributed by atoms with van der Waals surface area (Å²) in [6.07, 6.45) is 4.08. The molecule has 6 heteroatoms. The second-order valence-corrected chi connectivity index (χ2v) is 7.70. The largest absolute Gasteiger partial charge is 0.467 e. The van der Waals surface area contributed by atoms with E-state index in [0.29, 0.717) is 17.2 Å². The molecule has 0 rings (SSSR count). The van der Waals surface area contributed by atoms with Gasteiger partial charge in [0.15, 0.2) is 6.10 Å². The molecule has 0 saturated carbocycles. The Labute approximate surface area is 114 Å². The van der Waals surface area contributed by atoms with Gasteiger partial charge >= 0.3 is 5.97 Å². The predicted octanol–water partition coefficient (Wildman–Crippen LogP) is 2.39. The number of ether oxygens (including phenoxy) is 2. The van der Waals surface area contributed by atoms with Gasteiger partial charge in [0.2, 0.25) is 0 Å². The molecule has 1 N–H and O–H groups in total. The number of rotatable bonds is 10. The second kappa shape index (κ2) is 11.1. The highest BCUT2D eigenvalue weighted by Crippen LogP contribution is 2.24. The smallest absolute Gasteiger partial charge is 0.334 e. The van der Waals surface area contributed by atoms with Crippen molar-refractivity contribution in [1.82, 2.24) is 0 Å². The Morgan fingerprint density at radius 3 is 2.22 bits per heavy atom. The van der Waals surface area contributed by atoms with Crippen LogP contribution in [0.2, 0.25) is 0 Å². The lowest BCUT2D eigenvalue weighted by Crippen LogP contribution is -2.24. The lowest BCUT2D eigenvalue weighted by atomic mass is 10.4. The van der Waals surface area contributed by atoms with E-state index in [2.05, 4.69) is 4.74 Å². The average molecular weight is 296 g/mol. The molecule has 0 bridgehead atoms. The molecule has 0 aromatic carbocycles. The molecule has 5 atom stereocenters. The topological polar surface area (TPSA) is 55.8 Å². The lowest BCUT2D eigenvalue weighted by molar-refractivity contribution is -0.153. The molecule has 18 heavy (non-hydrogen) atoms. The summed E-state index contributed by atoms with van der Waals surface area (Å²) in [6.45, 7) is 5.55. The average Bonchev–Trinajstić information content (AvgIpc) is 2.31. The van der Waals surface area contributed by atoms with E-state index in [1.165, 1.54) is 13.5 Å². The van der Waals surface area contributed by atoms with Crippen LogP contribution in [0.4, 0.5) is 0 Å². The third kappa shape index (κ3) is 10.2. The number of hydrogen-bond acceptors (Lipinski definition) is 4. The molecule has 0 aliphatic rings. The highest BCUT2D eigenvalue weighted by atomic mass is 31.1. The number of aliphatic hydroxyl groups is 1. The van der Waals surface area contributed by atoms with E-state index in [1.807, 2.05) is 13.8 Å². The van der Waals surface area contributed by atoms with Gasteiger partial charge in [-0.2, -0.15) is 0 Å². The van der Waals surface area contributed by atoms with Crippen LogP contribution in [0.3, 0.4) is 0 Å². The van der Waals surface area contributed by atoms with Gasteiger partial charge < -0.3 is 14.6 Å². The summed E-state index contributed by atoms with van der Waals surface area (Å²) in [5.41, 5.74) is 0. The molecule has 0 radical (unpaired) electrons. The fraction of sp³-hybridized carbons (Fsp3) is 0.917. The standard InChI is InChI=1S/C12H26O4P2/c1-9(12(14)15-4)16-11(3)18-8-6-5-7-17-10(2)13/h9-11,13,17-18H,5-8H2,1-4H3. The first kappa shape index (κ1) is 18.2. The monoisotopic (exact) mass is 296 g/mol. The molecule has 0 aliphatic carbocycles. The molecule has 0 spiro atoms. The van der Waals surface area contributed by atoms with Gasteiger partial charge in [-0.3, -0.25) is 0 Å². The van der Waals surface area contributed by atoms with E-state index in [0.717, 1.165) is 18.7 Å². The molecule has 0 amide bonds. The molecule has 0 aliphatic heterocycles. The third-order valence-electron chi connectivity index (χ3n) is 2.42. The van der Waals surface area contributed by atoms with Crippen molar-refractivity contribution in [2.45, 2.75) is 51.4 Å². The van der Waals surface area contributed by atoms with Crippen molar-refractivity contribution in [2.75, 3.05) is 19.4 Å². The summed E-state index contributed by atoms with van der Waals surface area (Å²) in [7, 11) is 2.74. The first-order valence-electron chi connectivity index (χ1n) is 6.35. The van der Waals surface area contributed by atoms with Crippen LogP contribution in [0.25, 0.3) is 0 Å². The zero-order valence-electron chi connectivity index (χ0n) is 11.7. The van der Waals surface area contributed by atoms with Crippen molar-refractivity contribution in [2.24, 2.45) is 0 Å². The van der Waals surface area contributed by atoms with Crippen molar-refractivity contribution >= 4 is 23.1 Å². The van der Waals surface area contributed by atoms with Crippen LogP contribution >= 0.6 is 17.2 Å². The number of esters is 1. The first-order valence-corrected chi connectivity index (χ1v) is 8.92. The Morgan fingerprint density at radius 2 is 1.72 bits per heavy atom. The summed E-state index contributed by atoms with van der Waals surface area (Å²) < 4.78 is 10.2. The SMILES string of the molecule is COC(=O)C(C)OC(C)PCCCCPC(C)O. The minimum absolute atomic E-state index is 0.110. The van der Waals surface area contributed by atoms with E-state index >= 15 is 0 Å². The van der Waals surface area contributed by atoms with E-state index in [-0.39, 0.29) is 17.7 Å². The van der Waals surface area contributed by atoms with Crippen LogP contribution in [0.15, 0.2) is 0 Å². The van der Waals surface area contributed by atoms with Gasteiger partial charge in [-0.1, -0.05) is 17.2 Å². The zero-order chi connectivity index (χ0) is 14.0. The van der Waals surface area contributed by atoms with Gasteiger partial charge in [-0.25, -0.2) is 4.79 Å². The van der Waals surface area contributed by atoms with Crippen LogP contribution in [0.5, 0.6) is 0 Å². The quantitative estimate of drug-likeness (QED) is 0.382. The fourth-order valence-electron chi connectivity index (χ4n) is 1.44. The van der Waals surface area contributed by atoms with E-state index in [4.69, 9.17) is 9.84 Å². The molecular formula is C12H26O4P2. The number of carbonyl (C=O) groups excluding carboxylic acids is 1. The Balaban J connectivity index is 3.47. The van der Waals surface area contributed by atoms with Crippen molar-refractivity contribution < 1.29 is 19.4 Å². The third-order valence-corrected chi connectivity index (χ3v) is 5.00. The van der Waals surface area contributed by atoms with E-state index in [1.54, 1.807) is 6.92 Å². The van der Waals surface area contributed by atoms with Gasteiger partial charge in [0.1, 0.15) is 0 Å². The molecule has 5 unspecified atom stereocenters. The number of aliphatic hydroxyl groups excluding tert-OH is 1. The highest BCUT2D eigenvalue weighted by molar-refractivity contribution is 7.38. The second-order valence-electron chi connectivity index (χ2n) is 4.24. The molecule has 108 valence electrons. The Kier molecular flexibility index (Phi) is 11.3. The number of carbonyl (C=O) groups is 1. The first-order chi connectivity index (χ1) is 8.47. The maximum Gasteiger partial charge on any atom is 0.334 e. The van der Waals surface area contributed by atoms with Crippen LogP contribution in [0.1, 0.15) is 33.6 Å². The Morgan fingerprint density at radius 1 is 1.17 bits per heavy atom. The van der Waals surface area contributed by atoms with Gasteiger partial charge in [0.05, 0.1) is 18.8 Å². The van der Waals surface area contributed by atoms with E-state index in [9.17, 15) is 4.79 Å². The minimum Gasteiger partial charge on any atom is -0.467 e. The molecular weight excluding hydrogens is 270 g/mol. The maximum atomic E-state index is 11.2. The summed E-state index contributed by atoms with van der Waals surface area (Å²) in [4.78, 5) is 11.2. The van der Waals surface area contributed by atoms with Crippen molar-refractivity contribution in [3.8, 4) is 0 Å². The van der Waals surface area contributed by atoms with Crippen LogP contribution in [0, 0.1) is 0 Å². The molecule has 4 nitrogen and oxygen atoms in total. The summed E-state index contributed by atoms with van der Waals surface area (Å²) in [5, 5.41) is 9.12. The van der Waals surface area contributed by atoms with Crippen LogP contribution < -0.4 is 0 Å². The van der Waals surface area contributed by atoms with E-state index < -0.39 is 6.10 Å². The summed E-state index contributed by atoms with van der Waals surface area (Å²) in [5.74, 6) is -0.362. The minimum atomic E-state index is -0.478. The zero-order valence-corrected chi connectivity index (χ0v) is 13.7. The van der Waals surface area contributed by atoms with Crippen LogP contribution in [-0.2, 0) is 14.3 Å². The van der Waals surface area contributed by atoms with Gasteiger partial charge in [-0.05, 0) is 45.9 Å². The number of hydrogen-bond donors (Lipinski definition) is 1. The van der Waals surface area contributed by atoms with Crippen molar-refractivity contribution in [3.63, 3.8) is 0 Å². The summed E-state index contributed by atoms with van der Waals surface area (Å²) >= 11 is 0. The van der Waals surface area contributed by atoms with Crippen LogP contribution in [-0.4, -0.2) is 48.3 Å². The molecule has 0 heterocycles. The predicted molar refractivity (Wildman–Crippen MR) is 79.3 cm³/mol. The molecule has 0 saturated heterocycles. The normalized spacial score (nSPS) is 17.4. The van der Waals surface area contributed by atoms with Gasteiger partial charge in [-0.15, -0.1) is 0 Å². The van der Waals surface area contributed by atoms with Crippen molar-refractivity contribution in [1.29, 1.82) is 0 Å². The van der Waals surface area contributed by atoms with Crippen molar-refractivity contribution in [3.05, 3.63) is 0 Å². The van der Waals surface area contributed by atoms with Gasteiger partial charge in [0, 0.05) is 0 Å². The molecule has 0 fully saturated rings. The lowest BCUT2D eigenvalue weighted by Gasteiger charge is -2.17. The Hall–Kier alpha value is 0.250.